The van der Waals surface area contributed by atoms with Crippen molar-refractivity contribution in [1.29, 1.82) is 0 Å². The summed E-state index contributed by atoms with van der Waals surface area (Å²) in [4.78, 5) is 0. The summed E-state index contributed by atoms with van der Waals surface area (Å²) >= 11 is 0. The molecule has 0 rings (SSSR count). The topological polar surface area (TPSA) is 27.7 Å². The third-order valence-electron chi connectivity index (χ3n) is 2.68. The lowest BCUT2D eigenvalue weighted by atomic mass is 10.4. The molecule has 0 saturated heterocycles. The molecule has 0 radical (unpaired) electrons. The van der Waals surface area contributed by atoms with Crippen LogP contribution in [-0.2, 0) is 13.0 Å². The first-order chi connectivity index (χ1) is 9.97. The zero-order valence-electron chi connectivity index (χ0n) is 15.3. The highest BCUT2D eigenvalue weighted by molar-refractivity contribution is 6.88. The van der Waals surface area contributed by atoms with E-state index in [-0.39, 0.29) is 0 Å². The van der Waals surface area contributed by atoms with Gasteiger partial charge in [-0.2, -0.15) is 13.2 Å². The second kappa shape index (κ2) is 8.09. The Labute approximate surface area is 140 Å². The highest BCUT2D eigenvalue weighted by atomic mass is 28.5. The standard InChI is InChI=1S/C13H30F4O3Si3/c1-9-12(18-11(14)10-13(15,16)17)23(8,19-21(2,3)4)20-22(5,6)7/h11-12H,9-10H2,1-8H3. The van der Waals surface area contributed by atoms with Crippen LogP contribution in [0.25, 0.3) is 0 Å². The molecule has 140 valence electrons. The Balaban J connectivity index is 5.30. The minimum Gasteiger partial charge on any atom is -0.435 e. The van der Waals surface area contributed by atoms with Crippen molar-refractivity contribution in [3.63, 3.8) is 0 Å². The van der Waals surface area contributed by atoms with E-state index >= 15 is 0 Å². The fraction of sp³-hybridized carbons (Fsp3) is 1.00. The van der Waals surface area contributed by atoms with Crippen molar-refractivity contribution >= 4 is 25.2 Å². The Morgan fingerprint density at radius 3 is 1.52 bits per heavy atom. The molecule has 0 amide bonds. The van der Waals surface area contributed by atoms with Gasteiger partial charge < -0.3 is 13.0 Å². The first kappa shape index (κ1) is 23.3. The smallest absolute Gasteiger partial charge is 0.394 e. The first-order valence-electron chi connectivity index (χ1n) is 7.74. The Kier molecular flexibility index (Phi) is 8.17. The van der Waals surface area contributed by atoms with Gasteiger partial charge in [-0.1, -0.05) is 6.92 Å². The summed E-state index contributed by atoms with van der Waals surface area (Å²) in [6.07, 6.45) is -8.28. The van der Waals surface area contributed by atoms with E-state index < -0.39 is 49.9 Å². The molecule has 2 unspecified atom stereocenters. The maximum absolute atomic E-state index is 13.7. The Morgan fingerprint density at radius 1 is 0.870 bits per heavy atom. The van der Waals surface area contributed by atoms with Crippen LogP contribution in [0, 0.1) is 0 Å². The minimum absolute atomic E-state index is 0.343. The van der Waals surface area contributed by atoms with Crippen molar-refractivity contribution in [3.05, 3.63) is 0 Å². The van der Waals surface area contributed by atoms with E-state index in [0.717, 1.165) is 0 Å². The normalized spacial score (nSPS) is 17.2. The maximum Gasteiger partial charge on any atom is 0.394 e. The van der Waals surface area contributed by atoms with Crippen molar-refractivity contribution in [2.75, 3.05) is 0 Å². The lowest BCUT2D eigenvalue weighted by molar-refractivity contribution is -0.189. The molecule has 0 spiro atoms. The highest BCUT2D eigenvalue weighted by Gasteiger charge is 2.48. The Morgan fingerprint density at radius 2 is 1.26 bits per heavy atom. The van der Waals surface area contributed by atoms with Gasteiger partial charge in [-0.25, -0.2) is 4.39 Å². The lowest BCUT2D eigenvalue weighted by Gasteiger charge is -2.42. The minimum atomic E-state index is -4.60. The quantitative estimate of drug-likeness (QED) is 0.390. The van der Waals surface area contributed by atoms with Crippen molar-refractivity contribution in [3.8, 4) is 0 Å². The molecule has 0 bridgehead atoms. The average Bonchev–Trinajstić information content (AvgIpc) is 2.17. The van der Waals surface area contributed by atoms with Crippen LogP contribution < -0.4 is 0 Å². The molecule has 0 heterocycles. The molecule has 0 fully saturated rings. The number of hydrogen-bond acceptors (Lipinski definition) is 3. The van der Waals surface area contributed by atoms with Gasteiger partial charge in [0.05, 0.1) is 6.42 Å². The van der Waals surface area contributed by atoms with E-state index in [0.29, 0.717) is 6.42 Å². The molecule has 0 saturated carbocycles. The first-order valence-corrected chi connectivity index (χ1v) is 16.9. The SMILES string of the molecule is CCC(OC(F)CC(F)(F)F)[Si](C)(O[Si](C)(C)C)O[Si](C)(C)C. The van der Waals surface area contributed by atoms with Gasteiger partial charge in [0.25, 0.3) is 0 Å². The lowest BCUT2D eigenvalue weighted by Crippen LogP contribution is -2.61. The Bertz CT molecular complexity index is 351. The van der Waals surface area contributed by atoms with E-state index in [2.05, 4.69) is 0 Å². The van der Waals surface area contributed by atoms with Crippen LogP contribution in [0.2, 0.25) is 45.8 Å². The van der Waals surface area contributed by atoms with Gasteiger partial charge in [0.1, 0.15) is 5.73 Å². The van der Waals surface area contributed by atoms with E-state index in [1.165, 1.54) is 0 Å². The van der Waals surface area contributed by atoms with Crippen LogP contribution in [0.15, 0.2) is 0 Å². The predicted molar refractivity (Wildman–Crippen MR) is 91.2 cm³/mol. The summed E-state index contributed by atoms with van der Waals surface area (Å²) in [6.45, 7) is 15.4. The van der Waals surface area contributed by atoms with Crippen LogP contribution in [0.4, 0.5) is 17.6 Å². The van der Waals surface area contributed by atoms with Gasteiger partial charge in [-0.05, 0) is 52.2 Å². The number of rotatable bonds is 9. The van der Waals surface area contributed by atoms with Crippen molar-refractivity contribution in [2.45, 2.75) is 83.9 Å². The van der Waals surface area contributed by atoms with Gasteiger partial charge in [0, 0.05) is 0 Å². The van der Waals surface area contributed by atoms with Gasteiger partial charge in [-0.3, -0.25) is 0 Å². The van der Waals surface area contributed by atoms with Crippen LogP contribution in [0.5, 0.6) is 0 Å². The molecule has 0 aliphatic heterocycles. The van der Waals surface area contributed by atoms with E-state index in [4.69, 9.17) is 13.0 Å². The largest absolute Gasteiger partial charge is 0.435 e. The van der Waals surface area contributed by atoms with Gasteiger partial charge in [0.2, 0.25) is 6.36 Å². The molecule has 0 aromatic heterocycles. The molecule has 0 aromatic rings. The van der Waals surface area contributed by atoms with Crippen LogP contribution in [0.3, 0.4) is 0 Å². The summed E-state index contributed by atoms with van der Waals surface area (Å²) in [6, 6.07) is 0. The highest BCUT2D eigenvalue weighted by Crippen LogP contribution is 2.30. The maximum atomic E-state index is 13.7. The second-order valence-corrected chi connectivity index (χ2v) is 20.5. The zero-order chi connectivity index (χ0) is 18.7. The molecular formula is C13H30F4O3Si3. The molecule has 0 aromatic carbocycles. The van der Waals surface area contributed by atoms with Crippen molar-refractivity contribution in [2.24, 2.45) is 0 Å². The molecule has 10 heteroatoms. The second-order valence-electron chi connectivity index (χ2n) is 7.71. The summed E-state index contributed by atoms with van der Waals surface area (Å²) in [5.41, 5.74) is -0.779. The molecule has 23 heavy (non-hydrogen) atoms. The van der Waals surface area contributed by atoms with Crippen molar-refractivity contribution in [1.82, 2.24) is 0 Å². The van der Waals surface area contributed by atoms with Gasteiger partial charge in [-0.15, -0.1) is 0 Å². The molecule has 0 aliphatic rings. The summed E-state index contributed by atoms with van der Waals surface area (Å²) in [5, 5.41) is 0. The van der Waals surface area contributed by atoms with Crippen LogP contribution in [0.1, 0.15) is 19.8 Å². The monoisotopic (exact) mass is 394 g/mol. The number of alkyl halides is 4. The fourth-order valence-corrected chi connectivity index (χ4v) is 14.8. The molecule has 0 aliphatic carbocycles. The fourth-order valence-electron chi connectivity index (χ4n) is 2.37. The number of ether oxygens (including phenoxy) is 1. The van der Waals surface area contributed by atoms with Crippen LogP contribution >= 0.6 is 0 Å². The van der Waals surface area contributed by atoms with Gasteiger partial charge >= 0.3 is 14.7 Å². The van der Waals surface area contributed by atoms with Gasteiger partial charge in [0.15, 0.2) is 16.6 Å². The summed E-state index contributed by atoms with van der Waals surface area (Å²) in [5.74, 6) is 0. The third-order valence-corrected chi connectivity index (χ3v) is 12.5. The van der Waals surface area contributed by atoms with E-state index in [1.54, 1.807) is 13.5 Å². The number of hydrogen-bond donors (Lipinski definition) is 0. The van der Waals surface area contributed by atoms with E-state index in [9.17, 15) is 17.6 Å². The molecule has 0 N–H and O–H groups in total. The summed E-state index contributed by atoms with van der Waals surface area (Å²) in [7, 11) is -7.06. The average molecular weight is 395 g/mol. The third kappa shape index (κ3) is 10.7. The Hall–Kier alpha value is 0.251. The zero-order valence-corrected chi connectivity index (χ0v) is 18.3. The molecule has 3 nitrogen and oxygen atoms in total. The van der Waals surface area contributed by atoms with E-state index in [1.807, 2.05) is 39.3 Å². The summed E-state index contributed by atoms with van der Waals surface area (Å²) < 4.78 is 68.3. The number of halogens is 4. The molecular weight excluding hydrogens is 364 g/mol. The van der Waals surface area contributed by atoms with Crippen molar-refractivity contribution < 1.29 is 30.5 Å². The van der Waals surface area contributed by atoms with Crippen LogP contribution in [-0.4, -0.2) is 43.5 Å². The molecule has 2 atom stereocenters. The predicted octanol–water partition coefficient (Wildman–Crippen LogP) is 5.34.